The molecule has 0 aromatic carbocycles. The zero-order valence-electron chi connectivity index (χ0n) is 12.6. The first-order chi connectivity index (χ1) is 9.26. The average molecular weight is 286 g/mol. The molecule has 0 aliphatic carbocycles. The minimum Gasteiger partial charge on any atom is -0.459 e. The van der Waals surface area contributed by atoms with Crippen molar-refractivity contribution >= 4 is 12.1 Å². The van der Waals surface area contributed by atoms with E-state index < -0.39 is 23.7 Å². The lowest BCUT2D eigenvalue weighted by molar-refractivity contribution is -0.156. The predicted molar refractivity (Wildman–Crippen MR) is 77.2 cm³/mol. The van der Waals surface area contributed by atoms with Gasteiger partial charge in [-0.25, -0.2) is 4.79 Å². The van der Waals surface area contributed by atoms with Gasteiger partial charge in [-0.3, -0.25) is 4.79 Å². The van der Waals surface area contributed by atoms with E-state index in [4.69, 9.17) is 15.2 Å². The van der Waals surface area contributed by atoms with Crippen molar-refractivity contribution in [3.63, 3.8) is 0 Å². The van der Waals surface area contributed by atoms with Crippen LogP contribution in [-0.4, -0.2) is 36.9 Å². The molecular weight excluding hydrogens is 260 g/mol. The Kier molecular flexibility index (Phi) is 8.63. The van der Waals surface area contributed by atoms with Crippen molar-refractivity contribution in [3.8, 4) is 0 Å². The number of hydrogen-bond acceptors (Lipinski definition) is 5. The highest BCUT2D eigenvalue weighted by Gasteiger charge is 2.21. The summed E-state index contributed by atoms with van der Waals surface area (Å²) in [6.07, 6.45) is 3.00. The summed E-state index contributed by atoms with van der Waals surface area (Å²) >= 11 is 0. The van der Waals surface area contributed by atoms with Gasteiger partial charge in [-0.15, -0.1) is 0 Å². The minimum absolute atomic E-state index is 0.190. The number of nitrogens with two attached hydrogens (primary N) is 1. The third-order valence-electron chi connectivity index (χ3n) is 2.25. The van der Waals surface area contributed by atoms with Crippen LogP contribution in [-0.2, 0) is 14.3 Å². The van der Waals surface area contributed by atoms with Crippen molar-refractivity contribution in [2.24, 2.45) is 5.73 Å². The number of esters is 1. The van der Waals surface area contributed by atoms with E-state index in [9.17, 15) is 9.59 Å². The molecule has 3 N–H and O–H groups in total. The number of ether oxygens (including phenoxy) is 2. The van der Waals surface area contributed by atoms with Crippen LogP contribution in [0.25, 0.3) is 0 Å². The summed E-state index contributed by atoms with van der Waals surface area (Å²) in [6, 6.07) is -0.623. The normalized spacial score (nSPS) is 12.4. The average Bonchev–Trinajstić information content (AvgIpc) is 2.33. The molecule has 0 radical (unpaired) electrons. The second-order valence-electron chi connectivity index (χ2n) is 5.45. The summed E-state index contributed by atoms with van der Waals surface area (Å²) in [4.78, 5) is 22.7. The van der Waals surface area contributed by atoms with E-state index >= 15 is 0 Å². The maximum absolute atomic E-state index is 11.6. The van der Waals surface area contributed by atoms with Gasteiger partial charge in [0.05, 0.1) is 0 Å². The molecule has 0 saturated carbocycles. The van der Waals surface area contributed by atoms with E-state index in [1.165, 1.54) is 6.08 Å². The number of unbranched alkanes of at least 4 members (excludes halogenated alkanes) is 1. The van der Waals surface area contributed by atoms with Gasteiger partial charge in [0.1, 0.15) is 18.2 Å². The molecule has 6 nitrogen and oxygen atoms in total. The molecule has 0 saturated heterocycles. The molecule has 6 heteroatoms. The van der Waals surface area contributed by atoms with Crippen molar-refractivity contribution in [3.05, 3.63) is 12.7 Å². The van der Waals surface area contributed by atoms with Crippen LogP contribution in [0.2, 0.25) is 0 Å². The number of rotatable bonds is 8. The Bertz CT molecular complexity index is 324. The molecule has 0 fully saturated rings. The van der Waals surface area contributed by atoms with Crippen LogP contribution in [0.5, 0.6) is 0 Å². The van der Waals surface area contributed by atoms with Crippen molar-refractivity contribution in [1.29, 1.82) is 0 Å². The van der Waals surface area contributed by atoms with Crippen molar-refractivity contribution in [2.45, 2.75) is 51.7 Å². The zero-order valence-corrected chi connectivity index (χ0v) is 12.6. The van der Waals surface area contributed by atoms with Gasteiger partial charge >= 0.3 is 12.1 Å². The quantitative estimate of drug-likeness (QED) is 0.403. The fourth-order valence-corrected chi connectivity index (χ4v) is 1.36. The summed E-state index contributed by atoms with van der Waals surface area (Å²) < 4.78 is 9.92. The van der Waals surface area contributed by atoms with E-state index in [1.54, 1.807) is 20.8 Å². The molecule has 0 rings (SSSR count). The summed E-state index contributed by atoms with van der Waals surface area (Å²) in [7, 11) is 0. The summed E-state index contributed by atoms with van der Waals surface area (Å²) in [6.45, 7) is 9.52. The molecule has 116 valence electrons. The molecule has 0 aromatic heterocycles. The number of amides is 1. The monoisotopic (exact) mass is 286 g/mol. The van der Waals surface area contributed by atoms with E-state index in [1.807, 2.05) is 0 Å². The molecule has 1 atom stereocenters. The van der Waals surface area contributed by atoms with E-state index in [2.05, 4.69) is 11.9 Å². The standard InChI is InChI=1S/C14H26N2O4/c1-5-10-19-13(18)16-9-7-6-8-11(15)12(17)20-14(2,3)4/h5,11H,1,6-10,15H2,2-4H3,(H,16,18)/t11-/m0/s1. The molecule has 0 aliphatic heterocycles. The largest absolute Gasteiger partial charge is 0.459 e. The van der Waals surface area contributed by atoms with Gasteiger partial charge in [0, 0.05) is 6.54 Å². The van der Waals surface area contributed by atoms with Crippen LogP contribution in [0, 0.1) is 0 Å². The number of nitrogens with one attached hydrogen (secondary N) is 1. The molecule has 0 heterocycles. The summed E-state index contributed by atoms with van der Waals surface area (Å²) in [5.74, 6) is -0.393. The molecule has 0 spiro atoms. The maximum atomic E-state index is 11.6. The van der Waals surface area contributed by atoms with E-state index in [-0.39, 0.29) is 6.61 Å². The van der Waals surface area contributed by atoms with Crippen LogP contribution >= 0.6 is 0 Å². The van der Waals surface area contributed by atoms with Crippen molar-refractivity contribution in [1.82, 2.24) is 5.32 Å². The van der Waals surface area contributed by atoms with Gasteiger partial charge in [0.15, 0.2) is 0 Å². The molecule has 1 amide bonds. The summed E-state index contributed by atoms with van der Waals surface area (Å²) in [5.41, 5.74) is 5.21. The lowest BCUT2D eigenvalue weighted by atomic mass is 10.1. The van der Waals surface area contributed by atoms with Gasteiger partial charge < -0.3 is 20.5 Å². The number of carbonyl (C=O) groups excluding carboxylic acids is 2. The highest BCUT2D eigenvalue weighted by atomic mass is 16.6. The van der Waals surface area contributed by atoms with Crippen molar-refractivity contribution in [2.75, 3.05) is 13.2 Å². The highest BCUT2D eigenvalue weighted by molar-refractivity contribution is 5.75. The Morgan fingerprint density at radius 1 is 1.35 bits per heavy atom. The fraction of sp³-hybridized carbons (Fsp3) is 0.714. The SMILES string of the molecule is C=CCOC(=O)NCCCC[C@H](N)C(=O)OC(C)(C)C. The smallest absolute Gasteiger partial charge is 0.407 e. The Morgan fingerprint density at radius 3 is 2.55 bits per heavy atom. The van der Waals surface area contributed by atoms with Crippen LogP contribution in [0.1, 0.15) is 40.0 Å². The minimum atomic E-state index is -0.623. The third kappa shape index (κ3) is 10.4. The topological polar surface area (TPSA) is 90.6 Å². The first-order valence-electron chi connectivity index (χ1n) is 6.76. The Hall–Kier alpha value is -1.56. The third-order valence-corrected chi connectivity index (χ3v) is 2.25. The number of hydrogen-bond donors (Lipinski definition) is 2. The molecule has 0 aromatic rings. The lowest BCUT2D eigenvalue weighted by Gasteiger charge is -2.22. The summed E-state index contributed by atoms with van der Waals surface area (Å²) in [5, 5.41) is 2.59. The predicted octanol–water partition coefficient (Wildman–Crippen LogP) is 1.74. The van der Waals surface area contributed by atoms with Crippen LogP contribution in [0.4, 0.5) is 4.79 Å². The van der Waals surface area contributed by atoms with Gasteiger partial charge in [-0.05, 0) is 40.0 Å². The molecule has 0 unspecified atom stereocenters. The highest BCUT2D eigenvalue weighted by Crippen LogP contribution is 2.10. The first kappa shape index (κ1) is 18.4. The number of carbonyl (C=O) groups is 2. The maximum Gasteiger partial charge on any atom is 0.407 e. The first-order valence-corrected chi connectivity index (χ1v) is 6.76. The Morgan fingerprint density at radius 2 is 2.00 bits per heavy atom. The molecular formula is C14H26N2O4. The van der Waals surface area contributed by atoms with Crippen LogP contribution in [0.15, 0.2) is 12.7 Å². The van der Waals surface area contributed by atoms with Crippen LogP contribution < -0.4 is 11.1 Å². The van der Waals surface area contributed by atoms with Gasteiger partial charge in [-0.2, -0.15) is 0 Å². The molecule has 0 bridgehead atoms. The van der Waals surface area contributed by atoms with Gasteiger partial charge in [-0.1, -0.05) is 12.7 Å². The van der Waals surface area contributed by atoms with Gasteiger partial charge in [0.25, 0.3) is 0 Å². The fourth-order valence-electron chi connectivity index (χ4n) is 1.36. The molecule has 20 heavy (non-hydrogen) atoms. The number of alkyl carbamates (subject to hydrolysis) is 1. The molecule has 0 aliphatic rings. The van der Waals surface area contributed by atoms with E-state index in [0.29, 0.717) is 13.0 Å². The Balaban J connectivity index is 3.66. The van der Waals surface area contributed by atoms with Crippen molar-refractivity contribution < 1.29 is 19.1 Å². The second kappa shape index (κ2) is 9.36. The van der Waals surface area contributed by atoms with E-state index in [0.717, 1.165) is 12.8 Å². The zero-order chi connectivity index (χ0) is 15.6. The van der Waals surface area contributed by atoms with Crippen LogP contribution in [0.3, 0.4) is 0 Å². The lowest BCUT2D eigenvalue weighted by Crippen LogP contribution is -2.37. The second-order valence-corrected chi connectivity index (χ2v) is 5.45. The Labute approximate surface area is 120 Å². The van der Waals surface area contributed by atoms with Gasteiger partial charge in [0.2, 0.25) is 0 Å².